The maximum absolute atomic E-state index is 14.2. The van der Waals surface area contributed by atoms with Crippen molar-refractivity contribution in [2.45, 2.75) is 0 Å². The van der Waals surface area contributed by atoms with Gasteiger partial charge in [0, 0.05) is 30.0 Å². The fourth-order valence-corrected chi connectivity index (χ4v) is 1.99. The summed E-state index contributed by atoms with van der Waals surface area (Å²) in [6, 6.07) is 9.11. The molecular weight excluding hydrogens is 315 g/mol. The molecule has 1 amide bonds. The fourth-order valence-electron chi connectivity index (χ4n) is 1.99. The predicted octanol–water partition coefficient (Wildman–Crippen LogP) is 2.79. The summed E-state index contributed by atoms with van der Waals surface area (Å²) in [4.78, 5) is 11.5. The Hall–Kier alpha value is -2.80. The molecule has 2 aromatic rings. The number of carbonyl (C=O) groups is 1. The maximum Gasteiger partial charge on any atom is 0.238 e. The highest BCUT2D eigenvalue weighted by atomic mass is 19.1. The van der Waals surface area contributed by atoms with Crippen molar-refractivity contribution in [1.29, 1.82) is 0 Å². The van der Waals surface area contributed by atoms with Crippen LogP contribution in [0.2, 0.25) is 0 Å². The lowest BCUT2D eigenvalue weighted by Crippen LogP contribution is -2.25. The first-order valence-electron chi connectivity index (χ1n) is 7.20. The molecule has 0 bridgehead atoms. The Morgan fingerprint density at radius 1 is 1.04 bits per heavy atom. The molecule has 2 N–H and O–H groups in total. The van der Waals surface area contributed by atoms with E-state index in [0.717, 1.165) is 0 Å². The van der Waals surface area contributed by atoms with Gasteiger partial charge in [0.15, 0.2) is 11.6 Å². The molecule has 128 valence electrons. The second-order valence-corrected chi connectivity index (χ2v) is 4.87. The lowest BCUT2D eigenvalue weighted by Gasteiger charge is -2.11. The summed E-state index contributed by atoms with van der Waals surface area (Å²) >= 11 is 0. The number of amides is 1. The number of nitrogens with one attached hydrogen (secondary N) is 2. The number of anilines is 1. The van der Waals surface area contributed by atoms with Gasteiger partial charge >= 0.3 is 0 Å². The molecule has 0 aliphatic heterocycles. The van der Waals surface area contributed by atoms with E-state index >= 15 is 0 Å². The topological polar surface area (TPSA) is 68.8 Å². The second kappa shape index (κ2) is 8.16. The van der Waals surface area contributed by atoms with Crippen LogP contribution in [0.5, 0.6) is 23.0 Å². The third-order valence-electron chi connectivity index (χ3n) is 3.11. The van der Waals surface area contributed by atoms with Crippen LogP contribution in [0.3, 0.4) is 0 Å². The van der Waals surface area contributed by atoms with Crippen molar-refractivity contribution < 1.29 is 23.4 Å². The molecule has 0 aliphatic rings. The van der Waals surface area contributed by atoms with Gasteiger partial charge in [-0.2, -0.15) is 0 Å². The monoisotopic (exact) mass is 334 g/mol. The second-order valence-electron chi connectivity index (χ2n) is 4.87. The van der Waals surface area contributed by atoms with Gasteiger partial charge in [0.1, 0.15) is 17.2 Å². The third-order valence-corrected chi connectivity index (χ3v) is 3.11. The van der Waals surface area contributed by atoms with Crippen LogP contribution in [-0.4, -0.2) is 33.7 Å². The van der Waals surface area contributed by atoms with Gasteiger partial charge in [0.2, 0.25) is 5.91 Å². The average Bonchev–Trinajstić information content (AvgIpc) is 2.57. The van der Waals surface area contributed by atoms with E-state index in [9.17, 15) is 9.18 Å². The summed E-state index contributed by atoms with van der Waals surface area (Å²) in [5.41, 5.74) is 0.350. The molecule has 0 spiro atoms. The predicted molar refractivity (Wildman–Crippen MR) is 88.6 cm³/mol. The first-order chi connectivity index (χ1) is 11.5. The molecule has 2 aromatic carbocycles. The van der Waals surface area contributed by atoms with E-state index in [1.54, 1.807) is 31.3 Å². The number of halogens is 1. The van der Waals surface area contributed by atoms with Gasteiger partial charge in [-0.15, -0.1) is 0 Å². The summed E-state index contributed by atoms with van der Waals surface area (Å²) in [6.07, 6.45) is 0. The zero-order chi connectivity index (χ0) is 17.5. The smallest absolute Gasteiger partial charge is 0.238 e. The van der Waals surface area contributed by atoms with E-state index in [-0.39, 0.29) is 18.2 Å². The highest BCUT2D eigenvalue weighted by Crippen LogP contribution is 2.32. The number of ether oxygens (including phenoxy) is 3. The molecule has 0 atom stereocenters. The van der Waals surface area contributed by atoms with Crippen molar-refractivity contribution in [3.05, 3.63) is 42.2 Å². The van der Waals surface area contributed by atoms with Gasteiger partial charge in [-0.05, 0) is 19.2 Å². The first kappa shape index (κ1) is 17.6. The van der Waals surface area contributed by atoms with Crippen LogP contribution in [0.15, 0.2) is 36.4 Å². The Morgan fingerprint density at radius 3 is 2.21 bits per heavy atom. The van der Waals surface area contributed by atoms with Crippen LogP contribution in [0.25, 0.3) is 0 Å². The Balaban J connectivity index is 2.17. The molecule has 0 saturated heterocycles. The summed E-state index contributed by atoms with van der Waals surface area (Å²) in [5.74, 6) is 0.595. The average molecular weight is 334 g/mol. The Bertz CT molecular complexity index is 699. The molecule has 7 heteroatoms. The number of carbonyl (C=O) groups excluding carboxylic acids is 1. The van der Waals surface area contributed by atoms with Crippen molar-refractivity contribution in [3.8, 4) is 23.0 Å². The third kappa shape index (κ3) is 4.60. The first-order valence-corrected chi connectivity index (χ1v) is 7.20. The molecular formula is C17H19FN2O4. The maximum atomic E-state index is 14.2. The van der Waals surface area contributed by atoms with Crippen LogP contribution in [0, 0.1) is 5.82 Å². The zero-order valence-corrected chi connectivity index (χ0v) is 13.7. The SMILES string of the molecule is CNCC(=O)Nc1ccc(Oc2cc(OC)cc(OC)c2)c(F)c1. The largest absolute Gasteiger partial charge is 0.496 e. The minimum atomic E-state index is -0.598. The van der Waals surface area contributed by atoms with Gasteiger partial charge in [0.05, 0.1) is 20.8 Å². The molecule has 24 heavy (non-hydrogen) atoms. The quantitative estimate of drug-likeness (QED) is 0.815. The van der Waals surface area contributed by atoms with E-state index < -0.39 is 5.82 Å². The van der Waals surface area contributed by atoms with Gasteiger partial charge < -0.3 is 24.8 Å². The minimum Gasteiger partial charge on any atom is -0.496 e. The lowest BCUT2D eigenvalue weighted by molar-refractivity contribution is -0.115. The molecule has 0 unspecified atom stereocenters. The summed E-state index contributed by atoms with van der Waals surface area (Å²) < 4.78 is 30.0. The van der Waals surface area contributed by atoms with Crippen LogP contribution >= 0.6 is 0 Å². The molecule has 2 rings (SSSR count). The zero-order valence-electron chi connectivity index (χ0n) is 13.7. The van der Waals surface area contributed by atoms with E-state index in [0.29, 0.717) is 22.9 Å². The molecule has 0 aromatic heterocycles. The Labute approximate surface area is 139 Å². The van der Waals surface area contributed by atoms with E-state index in [2.05, 4.69) is 10.6 Å². The molecule has 0 aliphatic carbocycles. The number of rotatable bonds is 7. The van der Waals surface area contributed by atoms with Gasteiger partial charge in [0.25, 0.3) is 0 Å². The molecule has 0 heterocycles. The van der Waals surface area contributed by atoms with E-state index in [4.69, 9.17) is 14.2 Å². The number of methoxy groups -OCH3 is 2. The Morgan fingerprint density at radius 2 is 1.67 bits per heavy atom. The Kier molecular flexibility index (Phi) is 5.97. The molecule has 0 fully saturated rings. The number of likely N-dealkylation sites (N-methyl/N-ethyl adjacent to an activating group) is 1. The van der Waals surface area contributed by atoms with Crippen LogP contribution in [0.1, 0.15) is 0 Å². The van der Waals surface area contributed by atoms with Crippen LogP contribution in [0.4, 0.5) is 10.1 Å². The van der Waals surface area contributed by atoms with Crippen LogP contribution in [-0.2, 0) is 4.79 Å². The van der Waals surface area contributed by atoms with Crippen molar-refractivity contribution in [2.75, 3.05) is 33.1 Å². The van der Waals surface area contributed by atoms with E-state index in [1.807, 2.05) is 0 Å². The fraction of sp³-hybridized carbons (Fsp3) is 0.235. The summed E-state index contributed by atoms with van der Waals surface area (Å²) in [6.45, 7) is 0.142. The highest BCUT2D eigenvalue weighted by molar-refractivity contribution is 5.92. The standard InChI is InChI=1S/C17H19FN2O4/c1-19-10-17(21)20-11-4-5-16(15(18)6-11)24-14-8-12(22-2)7-13(9-14)23-3/h4-9,19H,10H2,1-3H3,(H,20,21). The summed E-state index contributed by atoms with van der Waals surface area (Å²) in [7, 11) is 4.68. The van der Waals surface area contributed by atoms with Crippen LogP contribution < -0.4 is 24.8 Å². The lowest BCUT2D eigenvalue weighted by atomic mass is 10.2. The van der Waals surface area contributed by atoms with Gasteiger partial charge in [-0.25, -0.2) is 4.39 Å². The van der Waals surface area contributed by atoms with Crippen molar-refractivity contribution >= 4 is 11.6 Å². The molecule has 0 saturated carbocycles. The van der Waals surface area contributed by atoms with Crippen molar-refractivity contribution in [1.82, 2.24) is 5.32 Å². The number of hydrogen-bond acceptors (Lipinski definition) is 5. The van der Waals surface area contributed by atoms with Crippen molar-refractivity contribution in [2.24, 2.45) is 0 Å². The highest BCUT2D eigenvalue weighted by Gasteiger charge is 2.10. The number of benzene rings is 2. The minimum absolute atomic E-state index is 0.0249. The normalized spacial score (nSPS) is 10.2. The molecule has 0 radical (unpaired) electrons. The molecule has 6 nitrogen and oxygen atoms in total. The van der Waals surface area contributed by atoms with Gasteiger partial charge in [-0.1, -0.05) is 0 Å². The van der Waals surface area contributed by atoms with E-state index in [1.165, 1.54) is 26.4 Å². The van der Waals surface area contributed by atoms with Crippen molar-refractivity contribution in [3.63, 3.8) is 0 Å². The van der Waals surface area contributed by atoms with Gasteiger partial charge in [-0.3, -0.25) is 4.79 Å². The summed E-state index contributed by atoms with van der Waals surface area (Å²) in [5, 5.41) is 5.29. The number of hydrogen-bond donors (Lipinski definition) is 2.